The lowest BCUT2D eigenvalue weighted by Gasteiger charge is -2.14. The van der Waals surface area contributed by atoms with Gasteiger partial charge < -0.3 is 4.90 Å². The number of amides is 1. The van der Waals surface area contributed by atoms with E-state index in [1.54, 1.807) is 11.7 Å². The molecule has 15 heavy (non-hydrogen) atoms. The van der Waals surface area contributed by atoms with Gasteiger partial charge in [0.2, 0.25) is 0 Å². The van der Waals surface area contributed by atoms with Gasteiger partial charge >= 0.3 is 0 Å². The zero-order chi connectivity index (χ0) is 10.7. The monoisotopic (exact) mass is 244 g/mol. The van der Waals surface area contributed by atoms with E-state index in [1.165, 1.54) is 11.3 Å². The van der Waals surface area contributed by atoms with Crippen LogP contribution in [0.2, 0.25) is 0 Å². The molecular weight excluding hydrogens is 232 g/mol. The van der Waals surface area contributed by atoms with Crippen molar-refractivity contribution >= 4 is 28.8 Å². The minimum absolute atomic E-state index is 0.120. The van der Waals surface area contributed by atoms with E-state index in [0.29, 0.717) is 11.8 Å². The fourth-order valence-corrected chi connectivity index (χ4v) is 2.78. The molecule has 1 aliphatic heterocycles. The number of nitrogens with zero attached hydrogens (tertiary/aromatic N) is 2. The molecule has 2 heterocycles. The van der Waals surface area contributed by atoms with E-state index in [2.05, 4.69) is 4.98 Å². The summed E-state index contributed by atoms with van der Waals surface area (Å²) in [4.78, 5) is 18.5. The van der Waals surface area contributed by atoms with Gasteiger partial charge in [-0.05, 0) is 18.8 Å². The zero-order valence-corrected chi connectivity index (χ0v) is 9.93. The number of thiazole rings is 1. The van der Waals surface area contributed by atoms with Crippen LogP contribution >= 0.6 is 22.9 Å². The van der Waals surface area contributed by atoms with Crippen molar-refractivity contribution in [1.82, 2.24) is 9.88 Å². The van der Waals surface area contributed by atoms with Gasteiger partial charge in [0.15, 0.2) is 0 Å². The van der Waals surface area contributed by atoms with E-state index in [-0.39, 0.29) is 5.91 Å². The quantitative estimate of drug-likeness (QED) is 0.764. The topological polar surface area (TPSA) is 33.2 Å². The van der Waals surface area contributed by atoms with Crippen molar-refractivity contribution in [2.45, 2.75) is 12.8 Å². The Morgan fingerprint density at radius 2 is 2.60 bits per heavy atom. The Labute approximate surface area is 98.1 Å². The van der Waals surface area contributed by atoms with Crippen molar-refractivity contribution in [3.05, 3.63) is 16.6 Å². The first-order valence-electron chi connectivity index (χ1n) is 5.05. The molecule has 0 spiro atoms. The zero-order valence-electron chi connectivity index (χ0n) is 8.36. The Hall–Kier alpha value is -0.610. The average Bonchev–Trinajstić information content (AvgIpc) is 2.87. The van der Waals surface area contributed by atoms with Crippen molar-refractivity contribution in [2.24, 2.45) is 5.92 Å². The van der Waals surface area contributed by atoms with Gasteiger partial charge in [-0.1, -0.05) is 0 Å². The van der Waals surface area contributed by atoms with Crippen molar-refractivity contribution in [3.8, 4) is 0 Å². The number of aromatic nitrogens is 1. The van der Waals surface area contributed by atoms with Gasteiger partial charge in [0.25, 0.3) is 5.91 Å². The summed E-state index contributed by atoms with van der Waals surface area (Å²) in [6.45, 7) is 1.71. The lowest BCUT2D eigenvalue weighted by Crippen LogP contribution is -2.28. The molecule has 0 radical (unpaired) electrons. The number of carbonyl (C=O) groups excluding carboxylic acids is 1. The highest BCUT2D eigenvalue weighted by atomic mass is 35.5. The first-order chi connectivity index (χ1) is 7.31. The van der Waals surface area contributed by atoms with Crippen LogP contribution in [-0.2, 0) is 0 Å². The number of likely N-dealkylation sites (tertiary alicyclic amines) is 1. The summed E-state index contributed by atoms with van der Waals surface area (Å²) < 4.78 is 0. The predicted molar refractivity (Wildman–Crippen MR) is 61.5 cm³/mol. The lowest BCUT2D eigenvalue weighted by molar-refractivity contribution is 0.0791. The van der Waals surface area contributed by atoms with Gasteiger partial charge in [0, 0.05) is 19.0 Å². The van der Waals surface area contributed by atoms with Crippen LogP contribution in [0.25, 0.3) is 0 Å². The summed E-state index contributed by atoms with van der Waals surface area (Å²) in [5, 5.41) is 0. The second kappa shape index (κ2) is 4.94. The van der Waals surface area contributed by atoms with Gasteiger partial charge in [-0.25, -0.2) is 0 Å². The van der Waals surface area contributed by atoms with Crippen LogP contribution in [0, 0.1) is 5.92 Å². The summed E-state index contributed by atoms with van der Waals surface area (Å²) in [7, 11) is 0. The first-order valence-corrected chi connectivity index (χ1v) is 6.46. The van der Waals surface area contributed by atoms with Gasteiger partial charge in [-0.2, -0.15) is 0 Å². The fourth-order valence-electron chi connectivity index (χ4n) is 1.88. The molecule has 1 aromatic heterocycles. The van der Waals surface area contributed by atoms with Crippen LogP contribution in [0.15, 0.2) is 11.7 Å². The maximum Gasteiger partial charge on any atom is 0.265 e. The molecule has 0 aliphatic carbocycles. The molecule has 0 N–H and O–H groups in total. The van der Waals surface area contributed by atoms with Crippen LogP contribution in [-0.4, -0.2) is 34.8 Å². The molecule has 1 aromatic rings. The first kappa shape index (κ1) is 10.9. The fraction of sp³-hybridized carbons (Fsp3) is 0.600. The molecule has 82 valence electrons. The second-order valence-corrected chi connectivity index (χ2v) is 5.01. The Balaban J connectivity index is 1.93. The third kappa shape index (κ3) is 2.49. The number of carbonyl (C=O) groups is 1. The van der Waals surface area contributed by atoms with E-state index < -0.39 is 0 Å². The maximum absolute atomic E-state index is 11.9. The van der Waals surface area contributed by atoms with Crippen molar-refractivity contribution in [3.63, 3.8) is 0 Å². The molecule has 2 rings (SSSR count). The Kier molecular flexibility index (Phi) is 3.59. The second-order valence-electron chi connectivity index (χ2n) is 3.75. The van der Waals surface area contributed by atoms with Gasteiger partial charge in [0.05, 0.1) is 11.7 Å². The molecule has 1 unspecified atom stereocenters. The molecule has 1 saturated heterocycles. The largest absolute Gasteiger partial charge is 0.338 e. The van der Waals surface area contributed by atoms with Crippen LogP contribution in [0.4, 0.5) is 0 Å². The van der Waals surface area contributed by atoms with Gasteiger partial charge in [-0.3, -0.25) is 9.78 Å². The molecule has 1 atom stereocenters. The standard InChI is InChI=1S/C10H13ClN2OS/c11-3-1-8-2-4-13(6-8)10(14)9-5-12-7-15-9/h5,7-8H,1-4,6H2. The third-order valence-electron chi connectivity index (χ3n) is 2.73. The summed E-state index contributed by atoms with van der Waals surface area (Å²) in [5.74, 6) is 1.39. The Morgan fingerprint density at radius 3 is 3.27 bits per heavy atom. The molecular formula is C10H13ClN2OS. The highest BCUT2D eigenvalue weighted by Crippen LogP contribution is 2.22. The lowest BCUT2D eigenvalue weighted by atomic mass is 10.1. The number of rotatable bonds is 3. The normalized spacial score (nSPS) is 20.9. The summed E-state index contributed by atoms with van der Waals surface area (Å²) in [6, 6.07) is 0. The number of halogens is 1. The molecule has 5 heteroatoms. The van der Waals surface area contributed by atoms with Crippen LogP contribution in [0.5, 0.6) is 0 Å². The Morgan fingerprint density at radius 1 is 1.73 bits per heavy atom. The molecule has 0 bridgehead atoms. The minimum atomic E-state index is 0.120. The highest BCUT2D eigenvalue weighted by molar-refractivity contribution is 7.11. The van der Waals surface area contributed by atoms with E-state index in [0.717, 1.165) is 30.8 Å². The SMILES string of the molecule is O=C(c1cncs1)N1CCC(CCCl)C1. The van der Waals surface area contributed by atoms with E-state index >= 15 is 0 Å². The smallest absolute Gasteiger partial charge is 0.265 e. The van der Waals surface area contributed by atoms with Gasteiger partial charge in [0.1, 0.15) is 4.88 Å². The van der Waals surface area contributed by atoms with Crippen LogP contribution in [0.3, 0.4) is 0 Å². The molecule has 1 fully saturated rings. The number of hydrogen-bond donors (Lipinski definition) is 0. The average molecular weight is 245 g/mol. The third-order valence-corrected chi connectivity index (χ3v) is 3.71. The van der Waals surface area contributed by atoms with E-state index in [9.17, 15) is 4.79 Å². The van der Waals surface area contributed by atoms with E-state index in [1.807, 2.05) is 4.90 Å². The number of hydrogen-bond acceptors (Lipinski definition) is 3. The predicted octanol–water partition coefficient (Wildman–Crippen LogP) is 2.23. The molecule has 1 aliphatic rings. The molecule has 0 saturated carbocycles. The van der Waals surface area contributed by atoms with Crippen molar-refractivity contribution in [1.29, 1.82) is 0 Å². The van der Waals surface area contributed by atoms with Gasteiger partial charge in [-0.15, -0.1) is 22.9 Å². The van der Waals surface area contributed by atoms with Crippen LogP contribution < -0.4 is 0 Å². The summed E-state index contributed by atoms with van der Waals surface area (Å²) >= 11 is 7.10. The highest BCUT2D eigenvalue weighted by Gasteiger charge is 2.26. The molecule has 0 aromatic carbocycles. The van der Waals surface area contributed by atoms with Crippen LogP contribution in [0.1, 0.15) is 22.5 Å². The van der Waals surface area contributed by atoms with Crippen molar-refractivity contribution < 1.29 is 4.79 Å². The molecule has 3 nitrogen and oxygen atoms in total. The van der Waals surface area contributed by atoms with E-state index in [4.69, 9.17) is 11.6 Å². The Bertz CT molecular complexity index is 328. The van der Waals surface area contributed by atoms with Crippen molar-refractivity contribution in [2.75, 3.05) is 19.0 Å². The summed E-state index contributed by atoms with van der Waals surface area (Å²) in [5.41, 5.74) is 1.69. The summed E-state index contributed by atoms with van der Waals surface area (Å²) in [6.07, 6.45) is 3.73. The number of alkyl halides is 1. The minimum Gasteiger partial charge on any atom is -0.338 e. The maximum atomic E-state index is 11.9. The molecule has 1 amide bonds.